The van der Waals surface area contributed by atoms with Crippen LogP contribution < -0.4 is 5.19 Å². The Labute approximate surface area is 105 Å². The number of hydrogen-bond donors (Lipinski definition) is 0. The Hall–Kier alpha value is -0.893. The number of carbonyl (C=O) groups excluding carboxylic acids is 1. The van der Waals surface area contributed by atoms with E-state index in [0.717, 1.165) is 12.0 Å². The molecule has 0 saturated carbocycles. The van der Waals surface area contributed by atoms with Crippen LogP contribution in [0, 0.1) is 6.92 Å². The number of carbonyl (C=O) groups is 1. The average molecular weight is 246 g/mol. The van der Waals surface area contributed by atoms with Crippen molar-refractivity contribution in [2.75, 3.05) is 0 Å². The van der Waals surface area contributed by atoms with Gasteiger partial charge in [-0.15, -0.1) is 0 Å². The molecule has 1 aliphatic carbocycles. The van der Waals surface area contributed by atoms with Crippen molar-refractivity contribution in [3.05, 3.63) is 28.3 Å². The maximum Gasteiger partial charge on any atom is 0.160 e. The Morgan fingerprint density at radius 2 is 1.76 bits per heavy atom. The van der Waals surface area contributed by atoms with Gasteiger partial charge in [-0.2, -0.15) is 0 Å². The zero-order chi connectivity index (χ0) is 12.8. The van der Waals surface area contributed by atoms with Crippen LogP contribution in [0.1, 0.15) is 40.4 Å². The summed E-state index contributed by atoms with van der Waals surface area (Å²) < 4.78 is 0. The van der Waals surface area contributed by atoms with Crippen LogP contribution in [0.15, 0.2) is 6.07 Å². The van der Waals surface area contributed by atoms with Gasteiger partial charge in [-0.3, -0.25) is 4.79 Å². The first kappa shape index (κ1) is 12.6. The highest BCUT2D eigenvalue weighted by Crippen LogP contribution is 2.29. The predicted octanol–water partition coefficient (Wildman–Crippen LogP) is 3.23. The molecular formula is C15H22OSi. The third-order valence-electron chi connectivity index (χ3n) is 3.88. The number of Topliss-reactive ketones (excluding diaryl/α,β-unsaturated/α-hetero) is 1. The van der Waals surface area contributed by atoms with Crippen molar-refractivity contribution in [1.82, 2.24) is 0 Å². The van der Waals surface area contributed by atoms with Crippen molar-refractivity contribution < 1.29 is 4.79 Å². The average Bonchev–Trinajstić information content (AvgIpc) is 2.64. The van der Waals surface area contributed by atoms with E-state index in [1.54, 1.807) is 6.92 Å². The Bertz CT molecular complexity index is 481. The monoisotopic (exact) mass is 246 g/mol. The van der Waals surface area contributed by atoms with E-state index in [4.69, 9.17) is 0 Å². The van der Waals surface area contributed by atoms with E-state index < -0.39 is 8.07 Å². The summed E-state index contributed by atoms with van der Waals surface area (Å²) in [6, 6.07) is 2.20. The molecule has 0 amide bonds. The molecule has 0 unspecified atom stereocenters. The topological polar surface area (TPSA) is 17.1 Å². The molecule has 92 valence electrons. The van der Waals surface area contributed by atoms with Gasteiger partial charge in [-0.25, -0.2) is 0 Å². The lowest BCUT2D eigenvalue weighted by molar-refractivity contribution is 0.101. The largest absolute Gasteiger partial charge is 0.295 e. The molecule has 0 N–H and O–H groups in total. The second-order valence-electron chi connectivity index (χ2n) is 6.21. The number of benzene rings is 1. The van der Waals surface area contributed by atoms with Crippen molar-refractivity contribution in [3.63, 3.8) is 0 Å². The third-order valence-corrected chi connectivity index (χ3v) is 6.01. The molecule has 1 aromatic carbocycles. The highest BCUT2D eigenvalue weighted by Gasteiger charge is 2.26. The molecular weight excluding hydrogens is 224 g/mol. The molecule has 2 heteroatoms. The van der Waals surface area contributed by atoms with Gasteiger partial charge in [0.2, 0.25) is 0 Å². The highest BCUT2D eigenvalue weighted by molar-refractivity contribution is 6.89. The lowest BCUT2D eigenvalue weighted by Gasteiger charge is -2.23. The second kappa shape index (κ2) is 4.09. The van der Waals surface area contributed by atoms with Crippen molar-refractivity contribution in [2.24, 2.45) is 0 Å². The summed E-state index contributed by atoms with van der Waals surface area (Å²) in [7, 11) is -1.35. The quantitative estimate of drug-likeness (QED) is 0.578. The van der Waals surface area contributed by atoms with Crippen molar-refractivity contribution in [3.8, 4) is 0 Å². The Morgan fingerprint density at radius 1 is 1.18 bits per heavy atom. The van der Waals surface area contributed by atoms with E-state index in [9.17, 15) is 4.79 Å². The van der Waals surface area contributed by atoms with Crippen molar-refractivity contribution in [1.29, 1.82) is 0 Å². The van der Waals surface area contributed by atoms with Gasteiger partial charge in [0.05, 0.1) is 8.07 Å². The summed E-state index contributed by atoms with van der Waals surface area (Å²) in [4.78, 5) is 11.8. The van der Waals surface area contributed by atoms with Gasteiger partial charge >= 0.3 is 0 Å². The Kier molecular flexibility index (Phi) is 3.02. The number of ketones is 1. The van der Waals surface area contributed by atoms with E-state index in [1.165, 1.54) is 34.7 Å². The molecule has 1 aromatic rings. The normalized spacial score (nSPS) is 14.9. The summed E-state index contributed by atoms with van der Waals surface area (Å²) in [5, 5.41) is 1.48. The number of fused-ring (bicyclic) bond motifs is 1. The molecule has 0 spiro atoms. The highest BCUT2D eigenvalue weighted by atomic mass is 28.3. The second-order valence-corrected chi connectivity index (χ2v) is 11.3. The third kappa shape index (κ3) is 2.11. The van der Waals surface area contributed by atoms with Gasteiger partial charge in [0.15, 0.2) is 5.78 Å². The molecule has 0 heterocycles. The minimum atomic E-state index is -1.35. The first-order valence-electron chi connectivity index (χ1n) is 6.49. The van der Waals surface area contributed by atoms with Gasteiger partial charge in [0.25, 0.3) is 0 Å². The molecule has 1 aliphatic rings. The zero-order valence-corrected chi connectivity index (χ0v) is 12.6. The minimum absolute atomic E-state index is 0.239. The van der Waals surface area contributed by atoms with Crippen LogP contribution in [0.3, 0.4) is 0 Å². The zero-order valence-electron chi connectivity index (χ0n) is 11.6. The van der Waals surface area contributed by atoms with E-state index in [0.29, 0.717) is 0 Å². The van der Waals surface area contributed by atoms with Crippen molar-refractivity contribution in [2.45, 2.75) is 52.8 Å². The molecule has 2 rings (SSSR count). The Morgan fingerprint density at radius 3 is 2.29 bits per heavy atom. The van der Waals surface area contributed by atoms with Crippen molar-refractivity contribution >= 4 is 19.0 Å². The van der Waals surface area contributed by atoms with Crippen LogP contribution in [-0.4, -0.2) is 13.9 Å². The Balaban J connectivity index is 2.73. The van der Waals surface area contributed by atoms with Crippen LogP contribution in [0.2, 0.25) is 19.6 Å². The summed E-state index contributed by atoms with van der Waals surface area (Å²) in [6.07, 6.45) is 3.47. The first-order chi connectivity index (χ1) is 7.82. The van der Waals surface area contributed by atoms with E-state index in [2.05, 4.69) is 32.6 Å². The lowest BCUT2D eigenvalue weighted by atomic mass is 9.97. The standard InChI is InChI=1S/C15H22OSi/c1-10-12-7-6-8-13(12)14(11(2)16)9-15(10)17(3,4)5/h9H,6-8H2,1-5H3. The smallest absolute Gasteiger partial charge is 0.160 e. The first-order valence-corrected chi connectivity index (χ1v) is 9.99. The van der Waals surface area contributed by atoms with Gasteiger partial charge in [-0.1, -0.05) is 30.9 Å². The minimum Gasteiger partial charge on any atom is -0.295 e. The summed E-state index contributed by atoms with van der Waals surface area (Å²) >= 11 is 0. The molecule has 0 saturated heterocycles. The van der Waals surface area contributed by atoms with Gasteiger partial charge in [0.1, 0.15) is 0 Å². The molecule has 0 atom stereocenters. The fraction of sp³-hybridized carbons (Fsp3) is 0.533. The molecule has 0 aromatic heterocycles. The van der Waals surface area contributed by atoms with Crippen LogP contribution >= 0.6 is 0 Å². The summed E-state index contributed by atoms with van der Waals surface area (Å²) in [6.45, 7) is 11.0. The number of rotatable bonds is 2. The van der Waals surface area contributed by atoms with Gasteiger partial charge < -0.3 is 0 Å². The maximum atomic E-state index is 11.8. The van der Waals surface area contributed by atoms with Crippen LogP contribution in [-0.2, 0) is 12.8 Å². The molecule has 0 radical (unpaired) electrons. The predicted molar refractivity (Wildman–Crippen MR) is 76.2 cm³/mol. The summed E-state index contributed by atoms with van der Waals surface area (Å²) in [5.74, 6) is 0.239. The SMILES string of the molecule is CC(=O)c1cc([Si](C)(C)C)c(C)c2c1CCC2. The lowest BCUT2D eigenvalue weighted by Crippen LogP contribution is -2.40. The van der Waals surface area contributed by atoms with Gasteiger partial charge in [-0.05, 0) is 49.8 Å². The van der Waals surface area contributed by atoms with E-state index in [-0.39, 0.29) is 5.78 Å². The van der Waals surface area contributed by atoms with E-state index >= 15 is 0 Å². The summed E-state index contributed by atoms with van der Waals surface area (Å²) in [5.41, 5.74) is 5.30. The van der Waals surface area contributed by atoms with Crippen LogP contribution in [0.25, 0.3) is 0 Å². The molecule has 0 aliphatic heterocycles. The van der Waals surface area contributed by atoms with E-state index in [1.807, 2.05) is 0 Å². The fourth-order valence-electron chi connectivity index (χ4n) is 3.05. The van der Waals surface area contributed by atoms with Crippen LogP contribution in [0.4, 0.5) is 0 Å². The molecule has 0 bridgehead atoms. The molecule has 17 heavy (non-hydrogen) atoms. The number of hydrogen-bond acceptors (Lipinski definition) is 1. The molecule has 0 fully saturated rings. The van der Waals surface area contributed by atoms with Gasteiger partial charge in [0, 0.05) is 5.56 Å². The molecule has 1 nitrogen and oxygen atoms in total. The maximum absolute atomic E-state index is 11.8. The fourth-order valence-corrected chi connectivity index (χ4v) is 4.90. The van der Waals surface area contributed by atoms with Crippen LogP contribution in [0.5, 0.6) is 0 Å².